The van der Waals surface area contributed by atoms with E-state index in [9.17, 15) is 4.79 Å². The molecular formula is C12H11NO4. The van der Waals surface area contributed by atoms with Gasteiger partial charge in [-0.1, -0.05) is 30.3 Å². The highest BCUT2D eigenvalue weighted by Crippen LogP contribution is 2.13. The van der Waals surface area contributed by atoms with Crippen LogP contribution in [0.3, 0.4) is 0 Å². The van der Waals surface area contributed by atoms with Crippen molar-refractivity contribution in [3.05, 3.63) is 47.7 Å². The molecule has 0 aliphatic heterocycles. The molecule has 0 spiro atoms. The van der Waals surface area contributed by atoms with Crippen molar-refractivity contribution in [1.29, 1.82) is 0 Å². The second kappa shape index (κ2) is 5.69. The van der Waals surface area contributed by atoms with Gasteiger partial charge in [0.25, 0.3) is 12.4 Å². The molecule has 0 aliphatic carbocycles. The maximum atomic E-state index is 9.98. The molecular weight excluding hydrogens is 222 g/mol. The van der Waals surface area contributed by atoms with Crippen LogP contribution in [0.5, 0.6) is 5.88 Å². The maximum Gasteiger partial charge on any atom is 0.293 e. The second-order valence-corrected chi connectivity index (χ2v) is 3.31. The first-order valence-corrected chi connectivity index (χ1v) is 5.06. The van der Waals surface area contributed by atoms with E-state index in [1.165, 1.54) is 0 Å². The summed E-state index contributed by atoms with van der Waals surface area (Å²) in [5.41, 5.74) is 1.04. The molecule has 0 saturated carbocycles. The summed E-state index contributed by atoms with van der Waals surface area (Å²) in [6.07, 6.45) is 0. The molecule has 17 heavy (non-hydrogen) atoms. The summed E-state index contributed by atoms with van der Waals surface area (Å²) in [5, 5.41) is 3.69. The summed E-state index contributed by atoms with van der Waals surface area (Å²) in [4.78, 5) is 9.98. The molecule has 0 saturated heterocycles. The molecule has 5 nitrogen and oxygen atoms in total. The lowest BCUT2D eigenvalue weighted by Crippen LogP contribution is -1.94. The van der Waals surface area contributed by atoms with Gasteiger partial charge < -0.3 is 14.0 Å². The van der Waals surface area contributed by atoms with E-state index in [2.05, 4.69) is 9.89 Å². The van der Waals surface area contributed by atoms with Crippen LogP contribution < -0.4 is 4.74 Å². The summed E-state index contributed by atoms with van der Waals surface area (Å²) in [5.74, 6) is 0.818. The van der Waals surface area contributed by atoms with Crippen molar-refractivity contribution in [3.63, 3.8) is 0 Å². The number of ether oxygens (including phenoxy) is 2. The average molecular weight is 233 g/mol. The molecule has 88 valence electrons. The van der Waals surface area contributed by atoms with E-state index in [1.54, 1.807) is 6.07 Å². The molecule has 5 heteroatoms. The zero-order chi connectivity index (χ0) is 11.9. The summed E-state index contributed by atoms with van der Waals surface area (Å²) < 4.78 is 14.8. The molecule has 0 fully saturated rings. The van der Waals surface area contributed by atoms with Gasteiger partial charge in [0.1, 0.15) is 6.61 Å². The van der Waals surface area contributed by atoms with Gasteiger partial charge in [0.2, 0.25) is 0 Å². The van der Waals surface area contributed by atoms with Crippen LogP contribution in [0.25, 0.3) is 0 Å². The number of aromatic nitrogens is 1. The van der Waals surface area contributed by atoms with E-state index in [0.29, 0.717) is 24.7 Å². The average Bonchev–Trinajstić information content (AvgIpc) is 2.83. The highest BCUT2D eigenvalue weighted by Gasteiger charge is 2.05. The fourth-order valence-corrected chi connectivity index (χ4v) is 1.28. The number of hydrogen-bond acceptors (Lipinski definition) is 5. The molecule has 0 amide bonds. The molecule has 1 aromatic heterocycles. The van der Waals surface area contributed by atoms with Gasteiger partial charge in [-0.25, -0.2) is 0 Å². The number of hydrogen-bond donors (Lipinski definition) is 0. The quantitative estimate of drug-likeness (QED) is 0.713. The molecule has 0 unspecified atom stereocenters. The molecule has 0 bridgehead atoms. The second-order valence-electron chi connectivity index (χ2n) is 3.31. The van der Waals surface area contributed by atoms with Crippen molar-refractivity contribution >= 4 is 6.47 Å². The van der Waals surface area contributed by atoms with Gasteiger partial charge in [-0.2, -0.15) is 0 Å². The first-order chi connectivity index (χ1) is 8.38. The molecule has 0 atom stereocenters. The Kier molecular flexibility index (Phi) is 3.75. The highest BCUT2D eigenvalue weighted by molar-refractivity contribution is 5.37. The van der Waals surface area contributed by atoms with Crippen LogP contribution in [0.15, 0.2) is 40.9 Å². The van der Waals surface area contributed by atoms with Crippen LogP contribution in [0.2, 0.25) is 0 Å². The van der Waals surface area contributed by atoms with Gasteiger partial charge in [0.05, 0.1) is 0 Å². The van der Waals surface area contributed by atoms with Gasteiger partial charge in [-0.05, 0) is 10.7 Å². The Morgan fingerprint density at radius 3 is 2.82 bits per heavy atom. The SMILES string of the molecule is O=COCc1cc(OCc2ccccc2)no1. The van der Waals surface area contributed by atoms with Crippen molar-refractivity contribution in [2.45, 2.75) is 13.2 Å². The number of carbonyl (C=O) groups excluding carboxylic acids is 1. The lowest BCUT2D eigenvalue weighted by Gasteiger charge is -2.00. The number of carbonyl (C=O) groups is 1. The standard InChI is InChI=1S/C12H11NO4/c14-9-15-8-11-6-12(13-17-11)16-7-10-4-2-1-3-5-10/h1-6,9H,7-8H2. The summed E-state index contributed by atoms with van der Waals surface area (Å²) in [6.45, 7) is 0.833. The summed E-state index contributed by atoms with van der Waals surface area (Å²) in [6, 6.07) is 11.3. The third-order valence-corrected chi connectivity index (χ3v) is 2.06. The largest absolute Gasteiger partial charge is 0.471 e. The molecule has 2 aromatic rings. The minimum Gasteiger partial charge on any atom is -0.471 e. The zero-order valence-corrected chi connectivity index (χ0v) is 9.04. The number of rotatable bonds is 6. The van der Waals surface area contributed by atoms with E-state index in [4.69, 9.17) is 9.26 Å². The van der Waals surface area contributed by atoms with Gasteiger partial charge >= 0.3 is 0 Å². The third-order valence-electron chi connectivity index (χ3n) is 2.06. The fourth-order valence-electron chi connectivity index (χ4n) is 1.28. The van der Waals surface area contributed by atoms with Crippen molar-refractivity contribution < 1.29 is 18.8 Å². The molecule has 1 aromatic carbocycles. The summed E-state index contributed by atoms with van der Waals surface area (Å²) >= 11 is 0. The van der Waals surface area contributed by atoms with Gasteiger partial charge in [-0.3, -0.25) is 4.79 Å². The topological polar surface area (TPSA) is 61.6 Å². The monoisotopic (exact) mass is 233 g/mol. The first kappa shape index (κ1) is 11.2. The van der Waals surface area contributed by atoms with Crippen molar-refractivity contribution in [3.8, 4) is 5.88 Å². The minimum absolute atomic E-state index is 0.0607. The molecule has 1 heterocycles. The molecule has 2 rings (SSSR count). The van der Waals surface area contributed by atoms with E-state index < -0.39 is 0 Å². The van der Waals surface area contributed by atoms with Crippen LogP contribution in [0.4, 0.5) is 0 Å². The van der Waals surface area contributed by atoms with Crippen LogP contribution in [-0.2, 0) is 22.7 Å². The van der Waals surface area contributed by atoms with E-state index in [-0.39, 0.29) is 6.61 Å². The third kappa shape index (κ3) is 3.34. The minimum atomic E-state index is 0.0607. The molecule has 0 radical (unpaired) electrons. The van der Waals surface area contributed by atoms with Crippen LogP contribution in [0.1, 0.15) is 11.3 Å². The van der Waals surface area contributed by atoms with Crippen molar-refractivity contribution in [2.75, 3.05) is 0 Å². The van der Waals surface area contributed by atoms with E-state index in [1.807, 2.05) is 30.3 Å². The van der Waals surface area contributed by atoms with Gasteiger partial charge in [0.15, 0.2) is 12.4 Å². The molecule has 0 N–H and O–H groups in total. The maximum absolute atomic E-state index is 9.98. The zero-order valence-electron chi connectivity index (χ0n) is 9.04. The first-order valence-electron chi connectivity index (χ1n) is 5.06. The number of benzene rings is 1. The Bertz CT molecular complexity index is 466. The Morgan fingerprint density at radius 1 is 1.24 bits per heavy atom. The fraction of sp³-hybridized carbons (Fsp3) is 0.167. The van der Waals surface area contributed by atoms with Crippen molar-refractivity contribution in [2.24, 2.45) is 0 Å². The Morgan fingerprint density at radius 2 is 2.06 bits per heavy atom. The van der Waals surface area contributed by atoms with Gasteiger partial charge in [-0.15, -0.1) is 0 Å². The Hall–Kier alpha value is -2.30. The van der Waals surface area contributed by atoms with Crippen LogP contribution in [-0.4, -0.2) is 11.6 Å². The van der Waals surface area contributed by atoms with E-state index >= 15 is 0 Å². The van der Waals surface area contributed by atoms with Crippen molar-refractivity contribution in [1.82, 2.24) is 5.16 Å². The predicted octanol–water partition coefficient (Wildman–Crippen LogP) is 1.93. The lowest BCUT2D eigenvalue weighted by molar-refractivity contribution is -0.130. The van der Waals surface area contributed by atoms with Crippen LogP contribution >= 0.6 is 0 Å². The predicted molar refractivity (Wildman–Crippen MR) is 58.1 cm³/mol. The number of nitrogens with zero attached hydrogens (tertiary/aromatic N) is 1. The lowest BCUT2D eigenvalue weighted by atomic mass is 10.2. The highest BCUT2D eigenvalue weighted by atomic mass is 16.6. The smallest absolute Gasteiger partial charge is 0.293 e. The Balaban J connectivity index is 1.87. The van der Waals surface area contributed by atoms with E-state index in [0.717, 1.165) is 5.56 Å². The summed E-state index contributed by atoms with van der Waals surface area (Å²) in [7, 11) is 0. The van der Waals surface area contributed by atoms with Gasteiger partial charge in [0, 0.05) is 6.07 Å². The Labute approximate surface area is 97.9 Å². The normalized spacial score (nSPS) is 9.88. The van der Waals surface area contributed by atoms with Crippen LogP contribution in [0, 0.1) is 0 Å². The molecule has 0 aliphatic rings.